The van der Waals surface area contributed by atoms with Crippen LogP contribution in [0, 0.1) is 5.92 Å². The van der Waals surface area contributed by atoms with Crippen LogP contribution in [0.1, 0.15) is 23.3 Å². The Labute approximate surface area is 200 Å². The molecule has 0 saturated heterocycles. The maximum Gasteiger partial charge on any atom is 0.225 e. The van der Waals surface area contributed by atoms with Gasteiger partial charge in [-0.05, 0) is 37.3 Å². The summed E-state index contributed by atoms with van der Waals surface area (Å²) in [5.74, 6) is 2.22. The molecule has 2 N–H and O–H groups in total. The molecule has 172 valence electrons. The number of amides is 1. The zero-order valence-electron chi connectivity index (χ0n) is 18.5. The predicted octanol–water partition coefficient (Wildman–Crippen LogP) is 4.51. The van der Waals surface area contributed by atoms with Gasteiger partial charge >= 0.3 is 0 Å². The maximum absolute atomic E-state index is 12.5. The number of aromatic nitrogens is 4. The molecular formula is C23H25ClN6O2S. The summed E-state index contributed by atoms with van der Waals surface area (Å²) >= 11 is 7.49. The van der Waals surface area contributed by atoms with Crippen molar-refractivity contribution in [3.05, 3.63) is 35.1 Å². The SMILES string of the molecule is CN(C)C(=O)[C@H]1CCc2c(sc3ncnc(Nc4cc5cn[nH]c5cc4OCCCCl)c23)C1. The van der Waals surface area contributed by atoms with Gasteiger partial charge in [-0.15, -0.1) is 22.9 Å². The molecular weight excluding hydrogens is 460 g/mol. The van der Waals surface area contributed by atoms with Gasteiger partial charge in [-0.2, -0.15) is 5.10 Å². The van der Waals surface area contributed by atoms with E-state index in [1.165, 1.54) is 10.4 Å². The lowest BCUT2D eigenvalue weighted by atomic mass is 9.87. The summed E-state index contributed by atoms with van der Waals surface area (Å²) in [6, 6.07) is 3.95. The molecule has 0 aliphatic heterocycles. The Balaban J connectivity index is 1.51. The van der Waals surface area contributed by atoms with E-state index in [2.05, 4.69) is 25.5 Å². The van der Waals surface area contributed by atoms with Crippen LogP contribution in [0.15, 0.2) is 24.7 Å². The Kier molecular flexibility index (Phi) is 6.07. The Hall–Kier alpha value is -2.91. The molecule has 0 saturated carbocycles. The number of hydrogen-bond acceptors (Lipinski definition) is 7. The standard InChI is InChI=1S/C23H25ClN6O2S/c1-30(2)23(31)13-4-5-15-19(9-13)33-22-20(15)21(25-12-26-22)28-17-8-14-11-27-29-16(14)10-18(17)32-7-3-6-24/h8,10-13H,3-7,9H2,1-2H3,(H,27,29)(H,25,26,28)/t13-/m0/s1. The van der Waals surface area contributed by atoms with Crippen LogP contribution in [-0.2, 0) is 17.6 Å². The summed E-state index contributed by atoms with van der Waals surface area (Å²) in [6.45, 7) is 0.520. The van der Waals surface area contributed by atoms with E-state index in [0.717, 1.165) is 58.3 Å². The number of anilines is 2. The van der Waals surface area contributed by atoms with Crippen LogP contribution in [0.2, 0.25) is 0 Å². The number of alkyl halides is 1. The van der Waals surface area contributed by atoms with Gasteiger partial charge in [0.1, 0.15) is 22.7 Å². The lowest BCUT2D eigenvalue weighted by Gasteiger charge is -2.24. The van der Waals surface area contributed by atoms with Gasteiger partial charge in [0.15, 0.2) is 0 Å². The number of carbonyl (C=O) groups excluding carboxylic acids is 1. The van der Waals surface area contributed by atoms with Gasteiger partial charge in [0.25, 0.3) is 0 Å². The van der Waals surface area contributed by atoms with Crippen LogP contribution in [0.4, 0.5) is 11.5 Å². The molecule has 1 atom stereocenters. The number of carbonyl (C=O) groups is 1. The normalized spacial score (nSPS) is 15.5. The first-order chi connectivity index (χ1) is 16.0. The molecule has 0 bridgehead atoms. The number of nitrogens with zero attached hydrogens (tertiary/aromatic N) is 4. The first-order valence-corrected chi connectivity index (χ1v) is 12.3. The number of hydrogen-bond donors (Lipinski definition) is 2. The predicted molar refractivity (Wildman–Crippen MR) is 132 cm³/mol. The van der Waals surface area contributed by atoms with E-state index in [4.69, 9.17) is 16.3 Å². The fraction of sp³-hybridized carbons (Fsp3) is 0.391. The molecule has 3 heterocycles. The van der Waals surface area contributed by atoms with E-state index in [0.29, 0.717) is 18.2 Å². The van der Waals surface area contributed by atoms with Crippen molar-refractivity contribution < 1.29 is 9.53 Å². The summed E-state index contributed by atoms with van der Waals surface area (Å²) < 4.78 is 6.02. The Morgan fingerprint density at radius 1 is 1.36 bits per heavy atom. The monoisotopic (exact) mass is 484 g/mol. The topological polar surface area (TPSA) is 96.0 Å². The van der Waals surface area contributed by atoms with E-state index in [1.807, 2.05) is 26.2 Å². The van der Waals surface area contributed by atoms with Crippen molar-refractivity contribution in [2.24, 2.45) is 5.92 Å². The van der Waals surface area contributed by atoms with Crippen molar-refractivity contribution in [2.75, 3.05) is 31.9 Å². The third-order valence-electron chi connectivity index (χ3n) is 5.96. The van der Waals surface area contributed by atoms with Crippen molar-refractivity contribution >= 4 is 61.5 Å². The van der Waals surface area contributed by atoms with Crippen LogP contribution in [0.25, 0.3) is 21.1 Å². The smallest absolute Gasteiger partial charge is 0.225 e. The highest BCUT2D eigenvalue weighted by Crippen LogP contribution is 2.41. The lowest BCUT2D eigenvalue weighted by Crippen LogP contribution is -2.32. The highest BCUT2D eigenvalue weighted by molar-refractivity contribution is 7.19. The number of halogens is 1. The van der Waals surface area contributed by atoms with Gasteiger partial charge in [0, 0.05) is 42.2 Å². The Morgan fingerprint density at radius 2 is 2.24 bits per heavy atom. The zero-order chi connectivity index (χ0) is 22.9. The molecule has 33 heavy (non-hydrogen) atoms. The first kappa shape index (κ1) is 21.9. The zero-order valence-corrected chi connectivity index (χ0v) is 20.1. The third kappa shape index (κ3) is 4.22. The van der Waals surface area contributed by atoms with Crippen molar-refractivity contribution in [2.45, 2.75) is 25.7 Å². The van der Waals surface area contributed by atoms with Gasteiger partial charge < -0.3 is 15.0 Å². The van der Waals surface area contributed by atoms with Gasteiger partial charge in [0.05, 0.1) is 29.4 Å². The van der Waals surface area contributed by atoms with E-state index < -0.39 is 0 Å². The molecule has 8 nitrogen and oxygen atoms in total. The van der Waals surface area contributed by atoms with Crippen molar-refractivity contribution in [3.63, 3.8) is 0 Å². The van der Waals surface area contributed by atoms with Crippen molar-refractivity contribution in [3.8, 4) is 5.75 Å². The van der Waals surface area contributed by atoms with E-state index >= 15 is 0 Å². The molecule has 1 aliphatic carbocycles. The molecule has 0 fully saturated rings. The van der Waals surface area contributed by atoms with Gasteiger partial charge in [-0.3, -0.25) is 9.89 Å². The largest absolute Gasteiger partial charge is 0.491 e. The lowest BCUT2D eigenvalue weighted by molar-refractivity contribution is -0.133. The van der Waals surface area contributed by atoms with E-state index in [1.54, 1.807) is 28.8 Å². The minimum atomic E-state index is 0.0235. The van der Waals surface area contributed by atoms with Crippen molar-refractivity contribution in [1.29, 1.82) is 0 Å². The molecule has 4 aromatic rings. The molecule has 0 radical (unpaired) electrons. The third-order valence-corrected chi connectivity index (χ3v) is 7.39. The molecule has 1 aromatic carbocycles. The summed E-state index contributed by atoms with van der Waals surface area (Å²) in [6.07, 6.45) is 6.54. The second-order valence-corrected chi connectivity index (χ2v) is 9.86. The summed E-state index contributed by atoms with van der Waals surface area (Å²) in [5, 5.41) is 12.6. The average molecular weight is 485 g/mol. The number of H-pyrrole nitrogens is 1. The fourth-order valence-electron chi connectivity index (χ4n) is 4.33. The fourth-order valence-corrected chi connectivity index (χ4v) is 5.71. The van der Waals surface area contributed by atoms with E-state index in [9.17, 15) is 4.79 Å². The average Bonchev–Trinajstić information content (AvgIpc) is 3.42. The van der Waals surface area contributed by atoms with Crippen LogP contribution < -0.4 is 10.1 Å². The summed E-state index contributed by atoms with van der Waals surface area (Å²) in [7, 11) is 3.64. The van der Waals surface area contributed by atoms with Crippen LogP contribution >= 0.6 is 22.9 Å². The minimum Gasteiger partial charge on any atom is -0.491 e. The van der Waals surface area contributed by atoms with Gasteiger partial charge in [0.2, 0.25) is 5.91 Å². The summed E-state index contributed by atoms with van der Waals surface area (Å²) in [5.41, 5.74) is 2.96. The Bertz CT molecular complexity index is 1320. The molecule has 10 heteroatoms. The number of thiophene rings is 1. The molecule has 0 spiro atoms. The second-order valence-electron chi connectivity index (χ2n) is 8.40. The number of aryl methyl sites for hydroxylation is 1. The van der Waals surface area contributed by atoms with Crippen LogP contribution in [0.3, 0.4) is 0 Å². The number of nitrogens with one attached hydrogen (secondary N) is 2. The number of ether oxygens (including phenoxy) is 1. The maximum atomic E-state index is 12.5. The number of aromatic amines is 1. The van der Waals surface area contributed by atoms with Crippen molar-refractivity contribution in [1.82, 2.24) is 25.1 Å². The van der Waals surface area contributed by atoms with Gasteiger partial charge in [-0.1, -0.05) is 0 Å². The number of rotatable bonds is 7. The molecule has 0 unspecified atom stereocenters. The molecule has 5 rings (SSSR count). The van der Waals surface area contributed by atoms with E-state index in [-0.39, 0.29) is 11.8 Å². The summed E-state index contributed by atoms with van der Waals surface area (Å²) in [4.78, 5) is 25.5. The van der Waals surface area contributed by atoms with Crippen LogP contribution in [-0.4, -0.2) is 57.6 Å². The first-order valence-electron chi connectivity index (χ1n) is 10.9. The number of fused-ring (bicyclic) bond motifs is 4. The quantitative estimate of drug-likeness (QED) is 0.296. The molecule has 1 amide bonds. The second kappa shape index (κ2) is 9.15. The number of benzene rings is 1. The highest BCUT2D eigenvalue weighted by Gasteiger charge is 2.30. The van der Waals surface area contributed by atoms with Crippen LogP contribution in [0.5, 0.6) is 5.75 Å². The molecule has 3 aromatic heterocycles. The van der Waals surface area contributed by atoms with Gasteiger partial charge in [-0.25, -0.2) is 9.97 Å². The Morgan fingerprint density at radius 3 is 3.06 bits per heavy atom. The highest BCUT2D eigenvalue weighted by atomic mass is 35.5. The minimum absolute atomic E-state index is 0.0235. The molecule has 1 aliphatic rings.